The van der Waals surface area contributed by atoms with Crippen LogP contribution in [-0.2, 0) is 4.79 Å². The summed E-state index contributed by atoms with van der Waals surface area (Å²) in [4.78, 5) is 14.3. The Labute approximate surface area is 124 Å². The normalized spacial score (nSPS) is 23.6. The molecule has 20 heavy (non-hydrogen) atoms. The van der Waals surface area contributed by atoms with Gasteiger partial charge in [0.05, 0.1) is 0 Å². The van der Waals surface area contributed by atoms with Crippen LogP contribution in [-0.4, -0.2) is 23.8 Å². The van der Waals surface area contributed by atoms with Gasteiger partial charge in [0.1, 0.15) is 5.78 Å². The zero-order valence-corrected chi connectivity index (χ0v) is 13.4. The SMILES string of the molecule is C=C([C@H](CC1CCCC1)[C@H](C)C(C)=O)N1CCCCC1. The summed E-state index contributed by atoms with van der Waals surface area (Å²) in [7, 11) is 0. The van der Waals surface area contributed by atoms with Gasteiger partial charge in [-0.1, -0.05) is 39.2 Å². The van der Waals surface area contributed by atoms with E-state index in [9.17, 15) is 4.79 Å². The van der Waals surface area contributed by atoms with Gasteiger partial charge < -0.3 is 4.90 Å². The molecule has 2 rings (SSSR count). The molecule has 0 aromatic heterocycles. The molecule has 0 unspecified atom stereocenters. The van der Waals surface area contributed by atoms with Crippen LogP contribution in [0.4, 0.5) is 0 Å². The maximum absolute atomic E-state index is 11.9. The summed E-state index contributed by atoms with van der Waals surface area (Å²) >= 11 is 0. The van der Waals surface area contributed by atoms with Crippen molar-refractivity contribution >= 4 is 5.78 Å². The third kappa shape index (κ3) is 3.86. The summed E-state index contributed by atoms with van der Waals surface area (Å²) < 4.78 is 0. The molecule has 0 aromatic rings. The number of carbonyl (C=O) groups excluding carboxylic acids is 1. The number of ketones is 1. The Morgan fingerprint density at radius 1 is 1.15 bits per heavy atom. The molecule has 114 valence electrons. The number of allylic oxidation sites excluding steroid dienone is 1. The molecule has 0 N–H and O–H groups in total. The van der Waals surface area contributed by atoms with Crippen molar-refractivity contribution in [1.82, 2.24) is 4.90 Å². The Hall–Kier alpha value is -0.790. The van der Waals surface area contributed by atoms with Gasteiger partial charge in [0.2, 0.25) is 0 Å². The number of carbonyl (C=O) groups is 1. The minimum atomic E-state index is 0.130. The van der Waals surface area contributed by atoms with Crippen LogP contribution in [0.3, 0.4) is 0 Å². The lowest BCUT2D eigenvalue weighted by atomic mass is 9.80. The van der Waals surface area contributed by atoms with Gasteiger partial charge in [-0.15, -0.1) is 0 Å². The van der Waals surface area contributed by atoms with Crippen LogP contribution >= 0.6 is 0 Å². The summed E-state index contributed by atoms with van der Waals surface area (Å²) in [5.41, 5.74) is 1.25. The van der Waals surface area contributed by atoms with Crippen LogP contribution < -0.4 is 0 Å². The molecule has 2 aliphatic rings. The quantitative estimate of drug-likeness (QED) is 0.717. The van der Waals surface area contributed by atoms with Gasteiger partial charge in [-0.3, -0.25) is 4.79 Å². The molecule has 1 saturated carbocycles. The second-order valence-corrected chi connectivity index (χ2v) is 6.93. The van der Waals surface area contributed by atoms with Gasteiger partial charge >= 0.3 is 0 Å². The molecule has 2 nitrogen and oxygen atoms in total. The van der Waals surface area contributed by atoms with Crippen molar-refractivity contribution < 1.29 is 4.79 Å². The Bertz CT molecular complexity index is 337. The minimum Gasteiger partial charge on any atom is -0.375 e. The first kappa shape index (κ1) is 15.6. The van der Waals surface area contributed by atoms with Crippen molar-refractivity contribution in [3.63, 3.8) is 0 Å². The largest absolute Gasteiger partial charge is 0.375 e. The van der Waals surface area contributed by atoms with Gasteiger partial charge in [-0.25, -0.2) is 0 Å². The first-order valence-electron chi connectivity index (χ1n) is 8.53. The third-order valence-electron chi connectivity index (χ3n) is 5.50. The lowest BCUT2D eigenvalue weighted by molar-refractivity contribution is -0.121. The van der Waals surface area contributed by atoms with Crippen molar-refractivity contribution in [2.24, 2.45) is 17.8 Å². The highest BCUT2D eigenvalue weighted by Crippen LogP contribution is 2.37. The molecular weight excluding hydrogens is 246 g/mol. The van der Waals surface area contributed by atoms with Crippen LogP contribution in [0, 0.1) is 17.8 Å². The zero-order valence-electron chi connectivity index (χ0n) is 13.4. The maximum Gasteiger partial charge on any atom is 0.133 e. The van der Waals surface area contributed by atoms with Crippen molar-refractivity contribution in [2.45, 2.75) is 65.2 Å². The lowest BCUT2D eigenvalue weighted by Gasteiger charge is -2.37. The average Bonchev–Trinajstić information content (AvgIpc) is 2.97. The zero-order chi connectivity index (χ0) is 14.5. The van der Waals surface area contributed by atoms with Gasteiger partial charge in [0.15, 0.2) is 0 Å². The van der Waals surface area contributed by atoms with Crippen LogP contribution in [0.25, 0.3) is 0 Å². The standard InChI is InChI=1S/C18H31NO/c1-14(16(3)20)18(13-17-9-5-6-10-17)15(2)19-11-7-4-8-12-19/h14,17-18H,2,4-13H2,1,3H3/t14-,18-/m1/s1. The van der Waals surface area contributed by atoms with Crippen molar-refractivity contribution in [2.75, 3.05) is 13.1 Å². The van der Waals surface area contributed by atoms with Gasteiger partial charge in [0.25, 0.3) is 0 Å². The summed E-state index contributed by atoms with van der Waals surface area (Å²) in [6, 6.07) is 0. The Balaban J connectivity index is 2.03. The molecule has 0 spiro atoms. The van der Waals surface area contributed by atoms with E-state index in [2.05, 4.69) is 18.4 Å². The van der Waals surface area contributed by atoms with E-state index >= 15 is 0 Å². The lowest BCUT2D eigenvalue weighted by Crippen LogP contribution is -2.35. The highest BCUT2D eigenvalue weighted by atomic mass is 16.1. The molecule has 1 heterocycles. The summed E-state index contributed by atoms with van der Waals surface area (Å²) in [6.45, 7) is 10.5. The second-order valence-electron chi connectivity index (χ2n) is 6.93. The number of likely N-dealkylation sites (tertiary alicyclic amines) is 1. The molecule has 0 bridgehead atoms. The topological polar surface area (TPSA) is 20.3 Å². The van der Waals surface area contributed by atoms with Gasteiger partial charge in [-0.05, 0) is 38.5 Å². The Morgan fingerprint density at radius 3 is 2.30 bits per heavy atom. The number of nitrogens with zero attached hydrogens (tertiary/aromatic N) is 1. The van der Waals surface area contributed by atoms with E-state index in [0.29, 0.717) is 11.7 Å². The Morgan fingerprint density at radius 2 is 1.75 bits per heavy atom. The molecule has 1 aliphatic heterocycles. The van der Waals surface area contributed by atoms with E-state index in [-0.39, 0.29) is 5.92 Å². The first-order valence-corrected chi connectivity index (χ1v) is 8.53. The Kier molecular flexibility index (Phi) is 5.68. The molecule has 2 atom stereocenters. The molecule has 2 heteroatoms. The smallest absolute Gasteiger partial charge is 0.133 e. The highest BCUT2D eigenvalue weighted by Gasteiger charge is 2.30. The van der Waals surface area contributed by atoms with E-state index in [1.807, 2.05) is 0 Å². The average molecular weight is 277 g/mol. The number of hydrogen-bond acceptors (Lipinski definition) is 2. The highest BCUT2D eigenvalue weighted by molar-refractivity contribution is 5.78. The number of hydrogen-bond donors (Lipinski definition) is 0. The summed E-state index contributed by atoms with van der Waals surface area (Å²) in [5, 5.41) is 0. The molecular formula is C18H31NO. The number of rotatable bonds is 6. The van der Waals surface area contributed by atoms with Gasteiger partial charge in [-0.2, -0.15) is 0 Å². The van der Waals surface area contributed by atoms with Crippen molar-refractivity contribution in [3.8, 4) is 0 Å². The maximum atomic E-state index is 11.9. The fourth-order valence-electron chi connectivity index (χ4n) is 3.93. The number of piperidine rings is 1. The van der Waals surface area contributed by atoms with Crippen LogP contribution in [0.1, 0.15) is 65.2 Å². The van der Waals surface area contributed by atoms with E-state index in [1.165, 1.54) is 57.1 Å². The third-order valence-corrected chi connectivity index (χ3v) is 5.50. The fourth-order valence-corrected chi connectivity index (χ4v) is 3.93. The predicted octanol–water partition coefficient (Wildman–Crippen LogP) is 4.41. The molecule has 0 radical (unpaired) electrons. The van der Waals surface area contributed by atoms with E-state index in [1.54, 1.807) is 6.92 Å². The second kappa shape index (κ2) is 7.28. The monoisotopic (exact) mass is 277 g/mol. The molecule has 2 fully saturated rings. The first-order chi connectivity index (χ1) is 9.59. The minimum absolute atomic E-state index is 0.130. The number of Topliss-reactive ketones (excluding diaryl/α,β-unsaturated/α-hetero) is 1. The van der Waals surface area contributed by atoms with Crippen molar-refractivity contribution in [3.05, 3.63) is 12.3 Å². The van der Waals surface area contributed by atoms with Crippen LogP contribution in [0.15, 0.2) is 12.3 Å². The van der Waals surface area contributed by atoms with Crippen LogP contribution in [0.2, 0.25) is 0 Å². The van der Waals surface area contributed by atoms with Crippen molar-refractivity contribution in [1.29, 1.82) is 0 Å². The van der Waals surface area contributed by atoms with E-state index in [4.69, 9.17) is 0 Å². The molecule has 1 aliphatic carbocycles. The summed E-state index contributed by atoms with van der Waals surface area (Å²) in [5.74, 6) is 1.65. The fraction of sp³-hybridized carbons (Fsp3) is 0.833. The summed E-state index contributed by atoms with van der Waals surface area (Å²) in [6.07, 6.45) is 10.6. The predicted molar refractivity (Wildman–Crippen MR) is 84.5 cm³/mol. The van der Waals surface area contributed by atoms with Gasteiger partial charge in [0, 0.05) is 30.6 Å². The molecule has 0 amide bonds. The van der Waals surface area contributed by atoms with E-state index < -0.39 is 0 Å². The van der Waals surface area contributed by atoms with Crippen LogP contribution in [0.5, 0.6) is 0 Å². The molecule has 0 aromatic carbocycles. The molecule has 1 saturated heterocycles. The van der Waals surface area contributed by atoms with E-state index in [0.717, 1.165) is 19.0 Å².